The third-order valence-electron chi connectivity index (χ3n) is 1.74. The van der Waals surface area contributed by atoms with Gasteiger partial charge in [0.25, 0.3) is 0 Å². The van der Waals surface area contributed by atoms with Crippen LogP contribution in [0.3, 0.4) is 0 Å². The highest BCUT2D eigenvalue weighted by Crippen LogP contribution is 2.30. The summed E-state index contributed by atoms with van der Waals surface area (Å²) in [4.78, 5) is 4.30. The predicted octanol–water partition coefficient (Wildman–Crippen LogP) is 1.77. The minimum absolute atomic E-state index is 0.631. The average molecular weight is 179 g/mol. The number of nitrogen functional groups attached to an aromatic ring is 2. The molecule has 0 aliphatic carbocycles. The van der Waals surface area contributed by atoms with E-state index in [2.05, 4.69) is 4.98 Å². The number of nitrogens with two attached hydrogens (primary N) is 2. The summed E-state index contributed by atoms with van der Waals surface area (Å²) in [6, 6.07) is 3.68. The van der Waals surface area contributed by atoms with E-state index in [-0.39, 0.29) is 0 Å². The zero-order valence-corrected chi connectivity index (χ0v) is 7.48. The third-order valence-corrected chi connectivity index (χ3v) is 2.76. The van der Waals surface area contributed by atoms with Crippen molar-refractivity contribution in [2.24, 2.45) is 0 Å². The first-order chi connectivity index (χ1) is 5.68. The van der Waals surface area contributed by atoms with Gasteiger partial charge in [-0.25, -0.2) is 4.98 Å². The Kier molecular flexibility index (Phi) is 1.44. The van der Waals surface area contributed by atoms with Crippen molar-refractivity contribution in [3.63, 3.8) is 0 Å². The van der Waals surface area contributed by atoms with Crippen molar-refractivity contribution >= 4 is 32.9 Å². The Morgan fingerprint density at radius 1 is 1.33 bits per heavy atom. The van der Waals surface area contributed by atoms with Gasteiger partial charge in [0.2, 0.25) is 0 Å². The summed E-state index contributed by atoms with van der Waals surface area (Å²) in [5.74, 6) is 0. The van der Waals surface area contributed by atoms with Crippen molar-refractivity contribution in [3.05, 3.63) is 17.1 Å². The topological polar surface area (TPSA) is 64.9 Å². The molecule has 0 spiro atoms. The number of nitrogens with zero attached hydrogens (tertiary/aromatic N) is 1. The lowest BCUT2D eigenvalue weighted by Crippen LogP contribution is -1.93. The van der Waals surface area contributed by atoms with E-state index in [0.29, 0.717) is 11.4 Å². The molecule has 0 unspecified atom stereocenters. The summed E-state index contributed by atoms with van der Waals surface area (Å²) in [7, 11) is 0. The van der Waals surface area contributed by atoms with Gasteiger partial charge >= 0.3 is 0 Å². The third kappa shape index (κ3) is 0.921. The molecule has 0 amide bonds. The fourth-order valence-corrected chi connectivity index (χ4v) is 2.02. The van der Waals surface area contributed by atoms with Gasteiger partial charge in [-0.05, 0) is 19.1 Å². The second-order valence-corrected chi connectivity index (χ2v) is 3.85. The first-order valence-electron chi connectivity index (χ1n) is 3.59. The Morgan fingerprint density at radius 2 is 2.08 bits per heavy atom. The van der Waals surface area contributed by atoms with Crippen molar-refractivity contribution in [1.29, 1.82) is 0 Å². The molecule has 0 aliphatic heterocycles. The van der Waals surface area contributed by atoms with Crippen molar-refractivity contribution < 1.29 is 0 Å². The van der Waals surface area contributed by atoms with Crippen LogP contribution in [-0.4, -0.2) is 4.98 Å². The van der Waals surface area contributed by atoms with Gasteiger partial charge in [-0.15, -0.1) is 11.3 Å². The zero-order valence-electron chi connectivity index (χ0n) is 6.66. The van der Waals surface area contributed by atoms with Gasteiger partial charge in [0.15, 0.2) is 0 Å². The summed E-state index contributed by atoms with van der Waals surface area (Å²) in [5.41, 5.74) is 13.6. The Morgan fingerprint density at radius 3 is 2.83 bits per heavy atom. The lowest BCUT2D eigenvalue weighted by atomic mass is 10.2. The SMILES string of the molecule is Cc1nc2ccc(N)c(N)c2s1. The van der Waals surface area contributed by atoms with Gasteiger partial charge < -0.3 is 11.5 Å². The van der Waals surface area contributed by atoms with Crippen molar-refractivity contribution in [2.45, 2.75) is 6.92 Å². The zero-order chi connectivity index (χ0) is 8.72. The second kappa shape index (κ2) is 2.35. The molecular weight excluding hydrogens is 170 g/mol. The van der Waals surface area contributed by atoms with Gasteiger partial charge in [0.05, 0.1) is 26.6 Å². The van der Waals surface area contributed by atoms with Gasteiger partial charge in [0.1, 0.15) is 0 Å². The van der Waals surface area contributed by atoms with Crippen LogP contribution in [0.2, 0.25) is 0 Å². The van der Waals surface area contributed by atoms with E-state index in [1.165, 1.54) is 0 Å². The average Bonchev–Trinajstić information content (AvgIpc) is 2.39. The van der Waals surface area contributed by atoms with Crippen molar-refractivity contribution in [2.75, 3.05) is 11.5 Å². The first-order valence-corrected chi connectivity index (χ1v) is 4.41. The molecule has 3 nitrogen and oxygen atoms in total. The van der Waals surface area contributed by atoms with Crippen LogP contribution in [0, 0.1) is 6.92 Å². The van der Waals surface area contributed by atoms with E-state index in [0.717, 1.165) is 15.2 Å². The molecule has 0 fully saturated rings. The molecule has 1 aromatic carbocycles. The lowest BCUT2D eigenvalue weighted by molar-refractivity contribution is 1.35. The van der Waals surface area contributed by atoms with E-state index in [1.54, 1.807) is 17.4 Å². The lowest BCUT2D eigenvalue weighted by Gasteiger charge is -1.98. The molecule has 2 aromatic rings. The van der Waals surface area contributed by atoms with Crippen molar-refractivity contribution in [1.82, 2.24) is 4.98 Å². The van der Waals surface area contributed by atoms with Crippen LogP contribution in [0.25, 0.3) is 10.2 Å². The summed E-state index contributed by atoms with van der Waals surface area (Å²) in [6.07, 6.45) is 0. The number of hydrogen-bond acceptors (Lipinski definition) is 4. The fraction of sp³-hybridized carbons (Fsp3) is 0.125. The van der Waals surface area contributed by atoms with E-state index in [9.17, 15) is 0 Å². The number of aromatic nitrogens is 1. The van der Waals surface area contributed by atoms with Gasteiger partial charge in [-0.3, -0.25) is 0 Å². The van der Waals surface area contributed by atoms with Gasteiger partial charge in [-0.2, -0.15) is 0 Å². The summed E-state index contributed by atoms with van der Waals surface area (Å²) < 4.78 is 0.993. The molecule has 0 saturated heterocycles. The van der Waals surface area contributed by atoms with E-state index >= 15 is 0 Å². The smallest absolute Gasteiger partial charge is 0.0908 e. The monoisotopic (exact) mass is 179 g/mol. The highest BCUT2D eigenvalue weighted by atomic mass is 32.1. The maximum absolute atomic E-state index is 5.78. The highest BCUT2D eigenvalue weighted by molar-refractivity contribution is 7.19. The van der Waals surface area contributed by atoms with Crippen LogP contribution in [0.1, 0.15) is 5.01 Å². The van der Waals surface area contributed by atoms with Crippen LogP contribution in [0.5, 0.6) is 0 Å². The standard InChI is InChI=1S/C8H9N3S/c1-4-11-6-3-2-5(9)7(10)8(6)12-4/h2-3H,9-10H2,1H3. The molecule has 0 saturated carbocycles. The number of benzene rings is 1. The molecule has 1 heterocycles. The van der Waals surface area contributed by atoms with Gasteiger partial charge in [-0.1, -0.05) is 0 Å². The van der Waals surface area contributed by atoms with Crippen LogP contribution in [-0.2, 0) is 0 Å². The maximum atomic E-state index is 5.78. The fourth-order valence-electron chi connectivity index (χ4n) is 1.14. The molecule has 62 valence electrons. The predicted molar refractivity (Wildman–Crippen MR) is 53.2 cm³/mol. The first kappa shape index (κ1) is 7.36. The number of thiazole rings is 1. The summed E-state index contributed by atoms with van der Waals surface area (Å²) in [5, 5.41) is 1.02. The molecule has 0 aliphatic rings. The normalized spacial score (nSPS) is 10.8. The minimum atomic E-state index is 0.631. The van der Waals surface area contributed by atoms with E-state index in [4.69, 9.17) is 11.5 Å². The second-order valence-electron chi connectivity index (χ2n) is 2.65. The van der Waals surface area contributed by atoms with Crippen LogP contribution in [0.15, 0.2) is 12.1 Å². The molecule has 12 heavy (non-hydrogen) atoms. The highest BCUT2D eigenvalue weighted by Gasteiger charge is 2.05. The molecular formula is C8H9N3S. The molecule has 0 radical (unpaired) electrons. The molecule has 1 aromatic heterocycles. The molecule has 0 bridgehead atoms. The Labute approximate surface area is 74.0 Å². The summed E-state index contributed by atoms with van der Waals surface area (Å²) in [6.45, 7) is 1.96. The molecule has 4 N–H and O–H groups in total. The molecule has 0 atom stereocenters. The quantitative estimate of drug-likeness (QED) is 0.606. The van der Waals surface area contributed by atoms with Gasteiger partial charge in [0, 0.05) is 0 Å². The Bertz CT molecular complexity index is 433. The maximum Gasteiger partial charge on any atom is 0.0908 e. The van der Waals surface area contributed by atoms with Crippen LogP contribution < -0.4 is 11.5 Å². The Balaban J connectivity index is 2.89. The van der Waals surface area contributed by atoms with Crippen LogP contribution >= 0.6 is 11.3 Å². The van der Waals surface area contributed by atoms with E-state index < -0.39 is 0 Å². The Hall–Kier alpha value is -1.29. The number of anilines is 2. The number of hydrogen-bond donors (Lipinski definition) is 2. The number of fused-ring (bicyclic) bond motifs is 1. The van der Waals surface area contributed by atoms with Crippen LogP contribution in [0.4, 0.5) is 11.4 Å². The summed E-state index contributed by atoms with van der Waals surface area (Å²) >= 11 is 1.58. The number of aryl methyl sites for hydroxylation is 1. The molecule has 2 rings (SSSR count). The van der Waals surface area contributed by atoms with E-state index in [1.807, 2.05) is 13.0 Å². The largest absolute Gasteiger partial charge is 0.397 e. The minimum Gasteiger partial charge on any atom is -0.397 e. The molecule has 4 heteroatoms. The number of rotatable bonds is 0. The van der Waals surface area contributed by atoms with Crippen molar-refractivity contribution in [3.8, 4) is 0 Å².